The molecule has 0 aromatic heterocycles. The minimum Gasteiger partial charge on any atom is -0.326 e. The van der Waals surface area contributed by atoms with E-state index in [2.05, 4.69) is 0 Å². The van der Waals surface area contributed by atoms with Gasteiger partial charge in [-0.25, -0.2) is 0 Å². The van der Waals surface area contributed by atoms with Crippen molar-refractivity contribution in [2.45, 2.75) is 19.9 Å². The molecule has 14 heavy (non-hydrogen) atoms. The van der Waals surface area contributed by atoms with Crippen LogP contribution in [0, 0.1) is 5.41 Å². The van der Waals surface area contributed by atoms with Crippen LogP contribution in [0.5, 0.6) is 0 Å². The van der Waals surface area contributed by atoms with Gasteiger partial charge in [-0.2, -0.15) is 17.0 Å². The summed E-state index contributed by atoms with van der Waals surface area (Å²) in [5, 5.41) is 0. The zero-order valence-electron chi connectivity index (χ0n) is 9.19. The first-order chi connectivity index (χ1) is 6.18. The van der Waals surface area contributed by atoms with Gasteiger partial charge in [0.25, 0.3) is 10.2 Å². The van der Waals surface area contributed by atoms with E-state index in [1.165, 1.54) is 22.7 Å². The predicted octanol–water partition coefficient (Wildman–Crippen LogP) is -0.538. The molecule has 1 aliphatic heterocycles. The molecule has 1 fully saturated rings. The number of hydrogen-bond donors (Lipinski definition) is 1. The second-order valence-electron chi connectivity index (χ2n) is 4.68. The maximum absolute atomic E-state index is 11.8. The van der Waals surface area contributed by atoms with Crippen LogP contribution in [0.15, 0.2) is 0 Å². The van der Waals surface area contributed by atoms with E-state index in [1.54, 1.807) is 0 Å². The Hall–Kier alpha value is -0.170. The molecule has 0 aliphatic carbocycles. The van der Waals surface area contributed by atoms with Gasteiger partial charge in [0.05, 0.1) is 0 Å². The maximum atomic E-state index is 11.8. The maximum Gasteiger partial charge on any atom is 0.281 e. The highest BCUT2D eigenvalue weighted by atomic mass is 32.2. The molecule has 0 aromatic carbocycles. The lowest BCUT2D eigenvalue weighted by molar-refractivity contribution is 0.340. The lowest BCUT2D eigenvalue weighted by Gasteiger charge is -2.23. The molecule has 1 atom stereocenters. The lowest BCUT2D eigenvalue weighted by Crippen LogP contribution is -2.39. The van der Waals surface area contributed by atoms with Gasteiger partial charge in [0.15, 0.2) is 0 Å². The molecule has 1 aliphatic rings. The fourth-order valence-electron chi connectivity index (χ4n) is 1.51. The van der Waals surface area contributed by atoms with Gasteiger partial charge in [0, 0.05) is 33.2 Å². The van der Waals surface area contributed by atoms with Gasteiger partial charge in [-0.3, -0.25) is 0 Å². The summed E-state index contributed by atoms with van der Waals surface area (Å²) in [6.45, 7) is 4.88. The van der Waals surface area contributed by atoms with Crippen molar-refractivity contribution in [2.24, 2.45) is 11.1 Å². The first-order valence-corrected chi connectivity index (χ1v) is 6.01. The molecule has 1 unspecified atom stereocenters. The van der Waals surface area contributed by atoms with Crippen LogP contribution in [0.1, 0.15) is 13.8 Å². The standard InChI is InChI=1S/C8H19N3O2S/c1-8(2)6-11(5-7(8)9)14(12,13)10(3)4/h7H,5-6,9H2,1-4H3. The summed E-state index contributed by atoms with van der Waals surface area (Å²) in [5.74, 6) is 0. The average molecular weight is 221 g/mol. The molecule has 5 nitrogen and oxygen atoms in total. The van der Waals surface area contributed by atoms with E-state index in [9.17, 15) is 8.42 Å². The Bertz CT molecular complexity index is 311. The lowest BCUT2D eigenvalue weighted by atomic mass is 9.89. The van der Waals surface area contributed by atoms with E-state index >= 15 is 0 Å². The van der Waals surface area contributed by atoms with Crippen LogP contribution in [-0.4, -0.2) is 50.3 Å². The van der Waals surface area contributed by atoms with Gasteiger partial charge in [-0.15, -0.1) is 0 Å². The molecular weight excluding hydrogens is 202 g/mol. The number of hydrogen-bond acceptors (Lipinski definition) is 3. The number of nitrogens with zero attached hydrogens (tertiary/aromatic N) is 2. The van der Waals surface area contributed by atoms with Crippen LogP contribution in [0.3, 0.4) is 0 Å². The molecule has 2 N–H and O–H groups in total. The third-order valence-corrected chi connectivity index (χ3v) is 4.63. The van der Waals surface area contributed by atoms with Crippen molar-refractivity contribution in [3.63, 3.8) is 0 Å². The van der Waals surface area contributed by atoms with Crippen molar-refractivity contribution in [2.75, 3.05) is 27.2 Å². The van der Waals surface area contributed by atoms with Gasteiger partial charge in [-0.05, 0) is 5.41 Å². The highest BCUT2D eigenvalue weighted by molar-refractivity contribution is 7.86. The average Bonchev–Trinajstić information content (AvgIpc) is 2.27. The van der Waals surface area contributed by atoms with E-state index in [0.717, 1.165) is 0 Å². The van der Waals surface area contributed by atoms with E-state index in [0.29, 0.717) is 13.1 Å². The molecule has 0 saturated carbocycles. The van der Waals surface area contributed by atoms with E-state index in [4.69, 9.17) is 5.73 Å². The topological polar surface area (TPSA) is 66.6 Å². The normalized spacial score (nSPS) is 28.6. The zero-order chi connectivity index (χ0) is 11.1. The monoisotopic (exact) mass is 221 g/mol. The molecule has 0 aromatic rings. The van der Waals surface area contributed by atoms with Crippen LogP contribution in [0.4, 0.5) is 0 Å². The first-order valence-electron chi connectivity index (χ1n) is 4.61. The molecule has 1 saturated heterocycles. The van der Waals surface area contributed by atoms with E-state index < -0.39 is 10.2 Å². The first kappa shape index (κ1) is 11.9. The summed E-state index contributed by atoms with van der Waals surface area (Å²) in [6.07, 6.45) is 0. The fraction of sp³-hybridized carbons (Fsp3) is 1.00. The summed E-state index contributed by atoms with van der Waals surface area (Å²) in [7, 11) is -0.226. The van der Waals surface area contributed by atoms with Gasteiger partial charge >= 0.3 is 0 Å². The van der Waals surface area contributed by atoms with Crippen LogP contribution in [0.2, 0.25) is 0 Å². The van der Waals surface area contributed by atoms with Crippen LogP contribution in [-0.2, 0) is 10.2 Å². The van der Waals surface area contributed by atoms with Crippen LogP contribution in [0.25, 0.3) is 0 Å². The summed E-state index contributed by atoms with van der Waals surface area (Å²) >= 11 is 0. The Balaban J connectivity index is 2.87. The minimum atomic E-state index is -3.29. The van der Waals surface area contributed by atoms with Crippen molar-refractivity contribution in [3.8, 4) is 0 Å². The summed E-state index contributed by atoms with van der Waals surface area (Å²) in [5.41, 5.74) is 5.74. The Morgan fingerprint density at radius 3 is 2.21 bits per heavy atom. The van der Waals surface area contributed by atoms with Crippen LogP contribution < -0.4 is 5.73 Å². The van der Waals surface area contributed by atoms with Crippen LogP contribution >= 0.6 is 0 Å². The Kier molecular flexibility index (Phi) is 2.93. The van der Waals surface area contributed by atoms with Crippen molar-refractivity contribution in [1.82, 2.24) is 8.61 Å². The summed E-state index contributed by atoms with van der Waals surface area (Å²) in [6, 6.07) is -0.0859. The van der Waals surface area contributed by atoms with Crippen molar-refractivity contribution < 1.29 is 8.42 Å². The zero-order valence-corrected chi connectivity index (χ0v) is 10.0. The van der Waals surface area contributed by atoms with Gasteiger partial charge in [-0.1, -0.05) is 13.8 Å². The van der Waals surface area contributed by atoms with Crippen molar-refractivity contribution in [1.29, 1.82) is 0 Å². The van der Waals surface area contributed by atoms with Gasteiger partial charge in [0.1, 0.15) is 0 Å². The van der Waals surface area contributed by atoms with Gasteiger partial charge in [0.2, 0.25) is 0 Å². The molecule has 1 rings (SSSR count). The van der Waals surface area contributed by atoms with Crippen molar-refractivity contribution in [3.05, 3.63) is 0 Å². The number of nitrogens with two attached hydrogens (primary N) is 1. The molecule has 6 heteroatoms. The minimum absolute atomic E-state index is 0.0859. The highest BCUT2D eigenvalue weighted by Gasteiger charge is 2.42. The Labute approximate surface area is 86.0 Å². The van der Waals surface area contributed by atoms with Crippen molar-refractivity contribution >= 4 is 10.2 Å². The molecule has 0 spiro atoms. The third-order valence-electron chi connectivity index (χ3n) is 2.78. The molecule has 1 heterocycles. The van der Waals surface area contributed by atoms with Gasteiger partial charge < -0.3 is 5.73 Å². The molecule has 0 amide bonds. The Morgan fingerprint density at radius 1 is 1.43 bits per heavy atom. The summed E-state index contributed by atoms with van der Waals surface area (Å²) < 4.78 is 26.2. The third kappa shape index (κ3) is 1.93. The quantitative estimate of drug-likeness (QED) is 0.681. The molecule has 0 bridgehead atoms. The second-order valence-corrected chi connectivity index (χ2v) is 6.82. The van der Waals surface area contributed by atoms with E-state index in [-0.39, 0.29) is 11.5 Å². The SMILES string of the molecule is CN(C)S(=O)(=O)N1CC(N)C(C)(C)C1. The summed E-state index contributed by atoms with van der Waals surface area (Å²) in [4.78, 5) is 0. The molecular formula is C8H19N3O2S. The largest absolute Gasteiger partial charge is 0.326 e. The smallest absolute Gasteiger partial charge is 0.281 e. The fourth-order valence-corrected chi connectivity index (χ4v) is 2.82. The Morgan fingerprint density at radius 2 is 1.93 bits per heavy atom. The second kappa shape index (κ2) is 3.44. The predicted molar refractivity (Wildman–Crippen MR) is 55.9 cm³/mol. The van der Waals surface area contributed by atoms with E-state index in [1.807, 2.05) is 13.8 Å². The number of rotatable bonds is 2. The molecule has 0 radical (unpaired) electrons. The highest BCUT2D eigenvalue weighted by Crippen LogP contribution is 2.30. The molecule has 84 valence electrons.